The number of phenolic OH excluding ortho intramolecular Hbond substituents is 1. The maximum absolute atomic E-state index is 14.6. The molecule has 0 aliphatic heterocycles. The monoisotopic (exact) mass is 500 g/mol. The van der Waals surface area contributed by atoms with Crippen LogP contribution in [-0.4, -0.2) is 35.9 Å². The topological polar surface area (TPSA) is 104 Å². The first-order chi connectivity index (χ1) is 17.2. The molecule has 0 aromatic heterocycles. The molecule has 6 nitrogen and oxygen atoms in total. The molecular formula is C31H36N2O4. The Morgan fingerprint density at radius 3 is 2.41 bits per heavy atom. The van der Waals surface area contributed by atoms with Gasteiger partial charge in [-0.25, -0.2) is 0 Å². The van der Waals surface area contributed by atoms with Crippen LogP contribution < -0.4 is 10.6 Å². The highest BCUT2D eigenvalue weighted by Gasteiger charge is 2.75. The summed E-state index contributed by atoms with van der Waals surface area (Å²) in [6, 6.07) is 1.84. The SMILES string of the molecule is C=C(N)C1=C(C)[C@H]2C(C)C[C@]23C[C@]2(C)Cc4c(N(C)C)cc(C#CC)c(O)c4C(O)=C2C(=O)[C@]3(C)C1=O. The van der Waals surface area contributed by atoms with Crippen molar-refractivity contribution >= 4 is 23.0 Å². The highest BCUT2D eigenvalue weighted by Crippen LogP contribution is 2.75. The van der Waals surface area contributed by atoms with E-state index in [1.807, 2.05) is 38.9 Å². The zero-order chi connectivity index (χ0) is 27.4. The zero-order valence-electron chi connectivity index (χ0n) is 22.8. The summed E-state index contributed by atoms with van der Waals surface area (Å²) in [6.07, 6.45) is 1.79. The van der Waals surface area contributed by atoms with E-state index in [1.54, 1.807) is 13.8 Å². The summed E-state index contributed by atoms with van der Waals surface area (Å²) in [5.41, 5.74) is 7.41. The van der Waals surface area contributed by atoms with Crippen LogP contribution in [0.4, 0.5) is 5.69 Å². The lowest BCUT2D eigenvalue weighted by Gasteiger charge is -2.69. The molecule has 4 N–H and O–H groups in total. The van der Waals surface area contributed by atoms with Crippen LogP contribution in [0.15, 0.2) is 35.1 Å². The molecule has 5 rings (SSSR count). The third-order valence-electron chi connectivity index (χ3n) is 9.87. The number of rotatable bonds is 2. The van der Waals surface area contributed by atoms with Crippen molar-refractivity contribution < 1.29 is 19.8 Å². The minimum absolute atomic E-state index is 0.0280. The average Bonchev–Trinajstić information content (AvgIpc) is 2.77. The molecule has 194 valence electrons. The maximum Gasteiger partial charge on any atom is 0.179 e. The number of hydrogen-bond donors (Lipinski definition) is 3. The van der Waals surface area contributed by atoms with E-state index in [2.05, 4.69) is 25.3 Å². The van der Waals surface area contributed by atoms with E-state index in [4.69, 9.17) is 5.73 Å². The summed E-state index contributed by atoms with van der Waals surface area (Å²) >= 11 is 0. The molecule has 0 bridgehead atoms. The number of aliphatic hydroxyl groups excluding tert-OH is 1. The number of aromatic hydroxyl groups is 1. The van der Waals surface area contributed by atoms with Crippen molar-refractivity contribution in [3.8, 4) is 17.6 Å². The number of anilines is 1. The summed E-state index contributed by atoms with van der Waals surface area (Å²) in [7, 11) is 3.82. The Morgan fingerprint density at radius 2 is 1.86 bits per heavy atom. The van der Waals surface area contributed by atoms with E-state index in [1.165, 1.54) is 0 Å². The van der Waals surface area contributed by atoms with Gasteiger partial charge in [0.1, 0.15) is 11.5 Å². The number of nitrogens with zero attached hydrogens (tertiary/aromatic N) is 1. The Labute approximate surface area is 218 Å². The van der Waals surface area contributed by atoms with E-state index in [0.717, 1.165) is 23.2 Å². The van der Waals surface area contributed by atoms with Crippen LogP contribution in [0.25, 0.3) is 5.76 Å². The van der Waals surface area contributed by atoms with Crippen LogP contribution in [0, 0.1) is 39.9 Å². The predicted molar refractivity (Wildman–Crippen MR) is 145 cm³/mol. The van der Waals surface area contributed by atoms with Gasteiger partial charge in [-0.3, -0.25) is 9.59 Å². The van der Waals surface area contributed by atoms with Crippen LogP contribution in [0.5, 0.6) is 5.75 Å². The maximum atomic E-state index is 14.6. The number of aliphatic hydroxyl groups is 1. The number of carbonyl (C=O) groups is 2. The molecule has 1 spiro atoms. The molecule has 37 heavy (non-hydrogen) atoms. The minimum Gasteiger partial charge on any atom is -0.507 e. The van der Waals surface area contributed by atoms with Crippen molar-refractivity contribution in [2.45, 2.75) is 53.9 Å². The highest BCUT2D eigenvalue weighted by atomic mass is 16.3. The third kappa shape index (κ3) is 2.78. The second-order valence-corrected chi connectivity index (χ2v) is 12.2. The highest BCUT2D eigenvalue weighted by molar-refractivity contribution is 6.25. The van der Waals surface area contributed by atoms with Gasteiger partial charge in [-0.15, -0.1) is 5.92 Å². The van der Waals surface area contributed by atoms with Crippen LogP contribution in [0.2, 0.25) is 0 Å². The first-order valence-corrected chi connectivity index (χ1v) is 12.9. The van der Waals surface area contributed by atoms with Crippen molar-refractivity contribution in [1.29, 1.82) is 0 Å². The predicted octanol–water partition coefficient (Wildman–Crippen LogP) is 4.65. The summed E-state index contributed by atoms with van der Waals surface area (Å²) < 4.78 is 0. The lowest BCUT2D eigenvalue weighted by molar-refractivity contribution is -0.182. The fourth-order valence-electron chi connectivity index (χ4n) is 8.59. The Hall–Kier alpha value is -3.46. The Balaban J connectivity index is 1.83. The summed E-state index contributed by atoms with van der Waals surface area (Å²) in [6.45, 7) is 13.4. The lowest BCUT2D eigenvalue weighted by Crippen LogP contribution is -2.70. The van der Waals surface area contributed by atoms with Crippen LogP contribution in [0.3, 0.4) is 0 Å². The van der Waals surface area contributed by atoms with Crippen LogP contribution in [-0.2, 0) is 16.0 Å². The van der Waals surface area contributed by atoms with E-state index in [-0.39, 0.29) is 45.8 Å². The van der Waals surface area contributed by atoms with Gasteiger partial charge in [0, 0.05) is 42.0 Å². The van der Waals surface area contributed by atoms with Crippen molar-refractivity contribution in [3.05, 3.63) is 51.8 Å². The van der Waals surface area contributed by atoms with Gasteiger partial charge in [0.15, 0.2) is 11.6 Å². The molecule has 5 atom stereocenters. The average molecular weight is 501 g/mol. The van der Waals surface area contributed by atoms with E-state index in [9.17, 15) is 19.8 Å². The Kier molecular flexibility index (Phi) is 5.13. The van der Waals surface area contributed by atoms with Crippen molar-refractivity contribution in [1.82, 2.24) is 0 Å². The van der Waals surface area contributed by atoms with Gasteiger partial charge < -0.3 is 20.8 Å². The van der Waals surface area contributed by atoms with Gasteiger partial charge in [0.2, 0.25) is 0 Å². The first-order valence-electron chi connectivity index (χ1n) is 12.9. The fourth-order valence-corrected chi connectivity index (χ4v) is 8.59. The molecule has 2 saturated carbocycles. The normalized spacial score (nSPS) is 33.9. The number of nitrogens with two attached hydrogens (primary N) is 1. The number of carbonyl (C=O) groups excluding carboxylic acids is 2. The minimum atomic E-state index is -1.37. The lowest BCUT2D eigenvalue weighted by atomic mass is 9.32. The van der Waals surface area contributed by atoms with Gasteiger partial charge >= 0.3 is 0 Å². The van der Waals surface area contributed by atoms with E-state index in [0.29, 0.717) is 29.9 Å². The molecule has 1 aromatic carbocycles. The molecule has 2 fully saturated rings. The van der Waals surface area contributed by atoms with Crippen LogP contribution >= 0.6 is 0 Å². The molecule has 0 amide bonds. The molecule has 1 aromatic rings. The summed E-state index contributed by atoms with van der Waals surface area (Å²) in [5.74, 6) is 4.99. The van der Waals surface area contributed by atoms with Gasteiger partial charge in [-0.1, -0.05) is 31.9 Å². The summed E-state index contributed by atoms with van der Waals surface area (Å²) in [4.78, 5) is 30.7. The number of allylic oxidation sites excluding steroid dienone is 3. The van der Waals surface area contributed by atoms with Crippen molar-refractivity contribution in [2.75, 3.05) is 19.0 Å². The second-order valence-electron chi connectivity index (χ2n) is 12.2. The van der Waals surface area contributed by atoms with Crippen LogP contribution in [0.1, 0.15) is 64.2 Å². The standard InChI is InChI=1S/C31H36N2O4/c1-9-10-18-11-20(33(7)8)19-13-29(5)14-31-12-15(2)23(31)16(3)21(17(4)32)27(36)30(31,6)28(37)24(29)26(35)22(19)25(18)34/h11,15,23,34-35H,4,12-14,32H2,1-3,5-8H3/t15?,23-,29+,30+,31+/m1/s1. The number of fused-ring (bicyclic) bond motifs is 2. The van der Waals surface area contributed by atoms with Gasteiger partial charge in [0.25, 0.3) is 0 Å². The second kappa shape index (κ2) is 7.54. The van der Waals surface area contributed by atoms with Gasteiger partial charge in [0.05, 0.1) is 16.5 Å². The molecule has 6 heteroatoms. The third-order valence-corrected chi connectivity index (χ3v) is 9.87. The van der Waals surface area contributed by atoms with Crippen molar-refractivity contribution in [2.24, 2.45) is 33.8 Å². The molecule has 4 aliphatic carbocycles. The van der Waals surface area contributed by atoms with E-state index >= 15 is 0 Å². The Bertz CT molecular complexity index is 1450. The number of Topliss-reactive ketones (excluding diaryl/α,β-unsaturated/α-hetero) is 2. The zero-order valence-corrected chi connectivity index (χ0v) is 22.8. The fraction of sp³-hybridized carbons (Fsp3) is 0.484. The molecular weight excluding hydrogens is 464 g/mol. The summed E-state index contributed by atoms with van der Waals surface area (Å²) in [5, 5.41) is 23.0. The quantitative estimate of drug-likeness (QED) is 0.403. The van der Waals surface area contributed by atoms with E-state index < -0.39 is 16.2 Å². The number of benzene rings is 1. The first kappa shape index (κ1) is 25.2. The molecule has 0 radical (unpaired) electrons. The van der Waals surface area contributed by atoms with Gasteiger partial charge in [-0.05, 0) is 68.9 Å². The number of phenols is 1. The molecule has 0 saturated heterocycles. The molecule has 1 unspecified atom stereocenters. The van der Waals surface area contributed by atoms with Crippen molar-refractivity contribution in [3.63, 3.8) is 0 Å². The number of ketones is 2. The molecule has 4 aliphatic rings. The van der Waals surface area contributed by atoms with Gasteiger partial charge in [-0.2, -0.15) is 0 Å². The smallest absolute Gasteiger partial charge is 0.179 e. The Morgan fingerprint density at radius 1 is 1.22 bits per heavy atom. The largest absolute Gasteiger partial charge is 0.507 e. The number of hydrogen-bond acceptors (Lipinski definition) is 6. The molecule has 0 heterocycles.